The molecule has 1 aromatic carbocycles. The second kappa shape index (κ2) is 10.7. The summed E-state index contributed by atoms with van der Waals surface area (Å²) in [4.78, 5) is 18.9. The Hall–Kier alpha value is -3.34. The minimum Gasteiger partial charge on any atom is -0.468 e. The highest BCUT2D eigenvalue weighted by molar-refractivity contribution is 5.83. The molecule has 0 bridgehead atoms. The number of rotatable bonds is 10. The smallest absolute Gasteiger partial charge is 0.253 e. The molecule has 1 saturated heterocycles. The van der Waals surface area contributed by atoms with Gasteiger partial charge in [0.2, 0.25) is 0 Å². The highest BCUT2D eigenvalue weighted by atomic mass is 16.5. The van der Waals surface area contributed by atoms with E-state index >= 15 is 0 Å². The van der Waals surface area contributed by atoms with Gasteiger partial charge in [-0.15, -0.1) is 5.10 Å². The predicted molar refractivity (Wildman–Crippen MR) is 134 cm³/mol. The lowest BCUT2D eigenvalue weighted by atomic mass is 10.00. The van der Waals surface area contributed by atoms with Gasteiger partial charge in [0.1, 0.15) is 11.8 Å². The average molecular weight is 493 g/mol. The minimum atomic E-state index is -0.528. The molecule has 0 saturated carbocycles. The van der Waals surface area contributed by atoms with Crippen molar-refractivity contribution in [3.05, 3.63) is 75.2 Å². The number of nitrogens with one attached hydrogen (secondary N) is 1. The zero-order chi connectivity index (χ0) is 25.1. The van der Waals surface area contributed by atoms with Gasteiger partial charge in [0.05, 0.1) is 37.6 Å². The first-order valence-electron chi connectivity index (χ1n) is 12.3. The Kier molecular flexibility index (Phi) is 7.26. The van der Waals surface area contributed by atoms with Crippen molar-refractivity contribution < 1.29 is 13.9 Å². The van der Waals surface area contributed by atoms with Gasteiger partial charge in [-0.25, -0.2) is 4.68 Å². The van der Waals surface area contributed by atoms with E-state index in [2.05, 4.69) is 44.5 Å². The molecule has 3 aromatic heterocycles. The summed E-state index contributed by atoms with van der Waals surface area (Å²) in [6.07, 6.45) is 3.69. The first-order chi connectivity index (χ1) is 17.5. The average Bonchev–Trinajstić information content (AvgIpc) is 3.63. The van der Waals surface area contributed by atoms with Gasteiger partial charge in [0.25, 0.3) is 5.56 Å². The molecule has 10 heteroatoms. The summed E-state index contributed by atoms with van der Waals surface area (Å²) in [6.45, 7) is 6.79. The van der Waals surface area contributed by atoms with Crippen molar-refractivity contribution in [2.75, 3.05) is 26.9 Å². The van der Waals surface area contributed by atoms with Gasteiger partial charge in [-0.1, -0.05) is 11.6 Å². The predicted octanol–water partition coefficient (Wildman–Crippen LogP) is 3.14. The molecular formula is C26H32N6O4. The van der Waals surface area contributed by atoms with Crippen LogP contribution in [0.2, 0.25) is 0 Å². The van der Waals surface area contributed by atoms with Crippen LogP contribution < -0.4 is 5.56 Å². The van der Waals surface area contributed by atoms with Crippen LogP contribution >= 0.6 is 0 Å². The molecule has 10 nitrogen and oxygen atoms in total. The first kappa shape index (κ1) is 24.4. The standard InChI is InChI=1S/C26H32N6O4/c1-17-12-18(2)23-19(13-17)14-22(26(33)27-23)24(25-28-29-30-32(25)8-11-34-3)31(15-20-6-4-9-35-20)16-21-7-5-10-36-21/h4,6,9,12-14,21,24H,5,7-8,10-11,15-16H2,1-3H3,(H,27,33). The number of ether oxygens (including phenoxy) is 2. The van der Waals surface area contributed by atoms with Gasteiger partial charge in [-0.3, -0.25) is 9.69 Å². The fourth-order valence-electron chi connectivity index (χ4n) is 5.06. The molecule has 5 rings (SSSR count). The molecule has 1 N–H and O–H groups in total. The third-order valence-corrected chi connectivity index (χ3v) is 6.69. The summed E-state index contributed by atoms with van der Waals surface area (Å²) in [7, 11) is 1.64. The highest BCUT2D eigenvalue weighted by Crippen LogP contribution is 2.31. The monoisotopic (exact) mass is 492 g/mol. The van der Waals surface area contributed by atoms with Crippen LogP contribution in [0.5, 0.6) is 0 Å². The summed E-state index contributed by atoms with van der Waals surface area (Å²) in [6, 6.07) is 9.40. The van der Waals surface area contributed by atoms with Crippen LogP contribution in [0, 0.1) is 13.8 Å². The van der Waals surface area contributed by atoms with Gasteiger partial charge in [-0.2, -0.15) is 0 Å². The summed E-state index contributed by atoms with van der Waals surface area (Å²) in [5, 5.41) is 13.6. The zero-order valence-corrected chi connectivity index (χ0v) is 20.9. The number of hydrogen-bond donors (Lipinski definition) is 1. The summed E-state index contributed by atoms with van der Waals surface area (Å²) >= 11 is 0. The van der Waals surface area contributed by atoms with Crippen molar-refractivity contribution in [2.24, 2.45) is 0 Å². The number of aromatic amines is 1. The van der Waals surface area contributed by atoms with Crippen LogP contribution in [0.3, 0.4) is 0 Å². The van der Waals surface area contributed by atoms with E-state index in [1.54, 1.807) is 18.1 Å². The number of H-pyrrole nitrogens is 1. The number of fused-ring (bicyclic) bond motifs is 1. The van der Waals surface area contributed by atoms with Gasteiger partial charge in [0, 0.05) is 25.8 Å². The third kappa shape index (κ3) is 5.11. The Labute approximate surface area is 209 Å². The largest absolute Gasteiger partial charge is 0.468 e. The molecule has 2 unspecified atom stereocenters. The number of nitrogens with zero attached hydrogens (tertiary/aromatic N) is 5. The van der Waals surface area contributed by atoms with E-state index in [9.17, 15) is 4.79 Å². The Balaban J connectivity index is 1.66. The molecule has 0 amide bonds. The summed E-state index contributed by atoms with van der Waals surface area (Å²) in [5.41, 5.74) is 3.40. The normalized spacial score (nSPS) is 16.8. The van der Waals surface area contributed by atoms with Crippen LogP contribution in [-0.4, -0.2) is 63.1 Å². The van der Waals surface area contributed by atoms with E-state index in [0.29, 0.717) is 37.6 Å². The maximum absolute atomic E-state index is 13.6. The van der Waals surface area contributed by atoms with Crippen LogP contribution in [0.1, 0.15) is 47.2 Å². The Morgan fingerprint density at radius 2 is 2.19 bits per heavy atom. The van der Waals surface area contributed by atoms with Gasteiger partial charge >= 0.3 is 0 Å². The van der Waals surface area contributed by atoms with Crippen molar-refractivity contribution in [2.45, 2.75) is 51.9 Å². The van der Waals surface area contributed by atoms with Crippen LogP contribution in [0.15, 0.2) is 45.8 Å². The number of furan rings is 1. The molecule has 36 heavy (non-hydrogen) atoms. The fourth-order valence-corrected chi connectivity index (χ4v) is 5.06. The van der Waals surface area contributed by atoms with Gasteiger partial charge < -0.3 is 18.9 Å². The number of hydrogen-bond acceptors (Lipinski definition) is 8. The lowest BCUT2D eigenvalue weighted by molar-refractivity contribution is 0.0541. The molecule has 0 aliphatic carbocycles. The van der Waals surface area contributed by atoms with Crippen molar-refractivity contribution >= 4 is 10.9 Å². The maximum Gasteiger partial charge on any atom is 0.253 e. The van der Waals surface area contributed by atoms with Crippen molar-refractivity contribution in [1.29, 1.82) is 0 Å². The first-order valence-corrected chi connectivity index (χ1v) is 12.3. The number of benzene rings is 1. The maximum atomic E-state index is 13.6. The SMILES string of the molecule is COCCn1nnnc1C(c1cc2cc(C)cc(C)c2[nH]c1=O)N(Cc1ccco1)CC1CCCO1. The summed E-state index contributed by atoms with van der Waals surface area (Å²) in [5.74, 6) is 1.36. The van der Waals surface area contributed by atoms with E-state index in [-0.39, 0.29) is 11.7 Å². The Bertz CT molecular complexity index is 1360. The van der Waals surface area contributed by atoms with E-state index < -0.39 is 6.04 Å². The molecule has 4 heterocycles. The Morgan fingerprint density at radius 1 is 1.31 bits per heavy atom. The number of aromatic nitrogens is 5. The second-order valence-corrected chi connectivity index (χ2v) is 9.40. The molecule has 1 aliphatic rings. The lowest BCUT2D eigenvalue weighted by Crippen LogP contribution is -2.39. The number of methoxy groups -OCH3 is 1. The van der Waals surface area contributed by atoms with Crippen LogP contribution in [-0.2, 0) is 22.6 Å². The topological polar surface area (TPSA) is 111 Å². The molecular weight excluding hydrogens is 460 g/mol. The number of aryl methyl sites for hydroxylation is 2. The van der Waals surface area contributed by atoms with Crippen LogP contribution in [0.25, 0.3) is 10.9 Å². The van der Waals surface area contributed by atoms with E-state index in [4.69, 9.17) is 13.9 Å². The van der Waals surface area contributed by atoms with E-state index in [1.165, 1.54) is 0 Å². The molecule has 190 valence electrons. The molecule has 1 fully saturated rings. The minimum absolute atomic E-state index is 0.0507. The van der Waals surface area contributed by atoms with Crippen LogP contribution in [0.4, 0.5) is 0 Å². The van der Waals surface area contributed by atoms with Crippen molar-refractivity contribution in [1.82, 2.24) is 30.1 Å². The van der Waals surface area contributed by atoms with Crippen molar-refractivity contribution in [3.63, 3.8) is 0 Å². The molecule has 0 spiro atoms. The quantitative estimate of drug-likeness (QED) is 0.359. The second-order valence-electron chi connectivity index (χ2n) is 9.40. The zero-order valence-electron chi connectivity index (χ0n) is 20.9. The fraction of sp³-hybridized carbons (Fsp3) is 0.462. The van der Waals surface area contributed by atoms with E-state index in [0.717, 1.165) is 47.2 Å². The number of pyridine rings is 1. The van der Waals surface area contributed by atoms with Crippen molar-refractivity contribution in [3.8, 4) is 0 Å². The third-order valence-electron chi connectivity index (χ3n) is 6.69. The van der Waals surface area contributed by atoms with E-state index in [1.807, 2.05) is 25.1 Å². The summed E-state index contributed by atoms with van der Waals surface area (Å²) < 4.78 is 18.7. The number of tetrazole rings is 1. The molecule has 1 aliphatic heterocycles. The molecule has 0 radical (unpaired) electrons. The molecule has 4 aromatic rings. The Morgan fingerprint density at radius 3 is 2.94 bits per heavy atom. The molecule has 2 atom stereocenters. The van der Waals surface area contributed by atoms with Gasteiger partial charge in [-0.05, 0) is 72.3 Å². The van der Waals surface area contributed by atoms with Gasteiger partial charge in [0.15, 0.2) is 5.82 Å². The lowest BCUT2D eigenvalue weighted by Gasteiger charge is -2.32. The highest BCUT2D eigenvalue weighted by Gasteiger charge is 2.33.